The van der Waals surface area contributed by atoms with Crippen LogP contribution in [0.1, 0.15) is 24.1 Å². The van der Waals surface area contributed by atoms with Crippen molar-refractivity contribution in [3.05, 3.63) is 82.3 Å². The number of aromatic nitrogens is 1. The van der Waals surface area contributed by atoms with Crippen molar-refractivity contribution in [3.8, 4) is 0 Å². The second-order valence-corrected chi connectivity index (χ2v) is 5.72. The van der Waals surface area contributed by atoms with Gasteiger partial charge in [-0.1, -0.05) is 42.5 Å². The minimum Gasteiger partial charge on any atom is -0.329 e. The Kier molecular flexibility index (Phi) is 4.07. The zero-order valence-corrected chi connectivity index (χ0v) is 12.9. The van der Waals surface area contributed by atoms with Gasteiger partial charge in [0.25, 0.3) is 0 Å². The van der Waals surface area contributed by atoms with Gasteiger partial charge in [0.15, 0.2) is 0 Å². The van der Waals surface area contributed by atoms with Gasteiger partial charge in [0.05, 0.1) is 0 Å². The molecule has 0 fully saturated rings. The third kappa shape index (κ3) is 2.95. The van der Waals surface area contributed by atoms with E-state index in [2.05, 4.69) is 66.3 Å². The van der Waals surface area contributed by atoms with Crippen molar-refractivity contribution in [2.24, 2.45) is 0 Å². The molecule has 1 N–H and O–H groups in total. The van der Waals surface area contributed by atoms with E-state index in [-0.39, 0.29) is 11.6 Å². The summed E-state index contributed by atoms with van der Waals surface area (Å²) in [4.78, 5) is 16.3. The summed E-state index contributed by atoms with van der Waals surface area (Å²) in [5.41, 5.74) is 2.28. The number of nitrogens with zero attached hydrogens (tertiary/aromatic N) is 1. The van der Waals surface area contributed by atoms with Gasteiger partial charge in [0.2, 0.25) is 5.56 Å². The van der Waals surface area contributed by atoms with Crippen LogP contribution in [0.15, 0.2) is 65.6 Å². The molecule has 0 aliphatic rings. The number of fused-ring (bicyclic) bond motifs is 1. The first-order valence-electron chi connectivity index (χ1n) is 7.50. The Morgan fingerprint density at radius 2 is 1.86 bits per heavy atom. The lowest BCUT2D eigenvalue weighted by atomic mass is 9.99. The minimum atomic E-state index is -0.0521. The van der Waals surface area contributed by atoms with Crippen LogP contribution < -0.4 is 5.56 Å². The SMILES string of the molecule is C[C@H](c1cccc2ccccc12)N(C)Cc1cc[nH]c(=O)c1. The van der Waals surface area contributed by atoms with Crippen molar-refractivity contribution in [2.45, 2.75) is 19.5 Å². The van der Waals surface area contributed by atoms with Crippen molar-refractivity contribution in [1.82, 2.24) is 9.88 Å². The zero-order chi connectivity index (χ0) is 15.5. The summed E-state index contributed by atoms with van der Waals surface area (Å²) in [6.07, 6.45) is 1.70. The van der Waals surface area contributed by atoms with Crippen molar-refractivity contribution < 1.29 is 0 Å². The molecule has 0 aliphatic heterocycles. The summed E-state index contributed by atoms with van der Waals surface area (Å²) in [5.74, 6) is 0. The fraction of sp³-hybridized carbons (Fsp3) is 0.211. The first-order valence-corrected chi connectivity index (χ1v) is 7.50. The molecule has 0 saturated heterocycles. The van der Waals surface area contributed by atoms with Gasteiger partial charge in [0.1, 0.15) is 0 Å². The molecule has 1 heterocycles. The molecule has 3 aromatic rings. The predicted octanol–water partition coefficient (Wildman–Crippen LogP) is 3.72. The van der Waals surface area contributed by atoms with Crippen LogP contribution in [0, 0.1) is 0 Å². The summed E-state index contributed by atoms with van der Waals surface area (Å²) in [6, 6.07) is 18.8. The zero-order valence-electron chi connectivity index (χ0n) is 12.9. The molecule has 2 aromatic carbocycles. The Morgan fingerprint density at radius 3 is 2.68 bits per heavy atom. The molecule has 1 atom stereocenters. The highest BCUT2D eigenvalue weighted by atomic mass is 16.1. The average molecular weight is 292 g/mol. The van der Waals surface area contributed by atoms with E-state index in [1.807, 2.05) is 6.07 Å². The smallest absolute Gasteiger partial charge is 0.248 e. The lowest BCUT2D eigenvalue weighted by molar-refractivity contribution is 0.254. The molecular formula is C19H20N2O. The Labute approximate surface area is 130 Å². The van der Waals surface area contributed by atoms with Gasteiger partial charge in [-0.3, -0.25) is 9.69 Å². The Morgan fingerprint density at radius 1 is 1.09 bits per heavy atom. The molecule has 0 saturated carbocycles. The number of hydrogen-bond acceptors (Lipinski definition) is 2. The third-order valence-corrected chi connectivity index (χ3v) is 4.21. The molecule has 3 heteroatoms. The fourth-order valence-corrected chi connectivity index (χ4v) is 2.86. The third-order valence-electron chi connectivity index (χ3n) is 4.21. The van der Waals surface area contributed by atoms with E-state index >= 15 is 0 Å². The molecule has 3 nitrogen and oxygen atoms in total. The lowest BCUT2D eigenvalue weighted by Gasteiger charge is -2.26. The van der Waals surface area contributed by atoms with E-state index in [9.17, 15) is 4.79 Å². The Bertz CT molecular complexity index is 832. The van der Waals surface area contributed by atoms with Crippen LogP contribution >= 0.6 is 0 Å². The van der Waals surface area contributed by atoms with E-state index in [0.717, 1.165) is 12.1 Å². The van der Waals surface area contributed by atoms with Crippen molar-refractivity contribution in [2.75, 3.05) is 7.05 Å². The maximum absolute atomic E-state index is 11.4. The number of pyridine rings is 1. The van der Waals surface area contributed by atoms with Gasteiger partial charge in [-0.25, -0.2) is 0 Å². The highest BCUT2D eigenvalue weighted by Crippen LogP contribution is 2.27. The average Bonchev–Trinajstić information content (AvgIpc) is 2.53. The fourth-order valence-electron chi connectivity index (χ4n) is 2.86. The van der Waals surface area contributed by atoms with Crippen LogP contribution in [-0.4, -0.2) is 16.9 Å². The number of hydrogen-bond donors (Lipinski definition) is 1. The van der Waals surface area contributed by atoms with Gasteiger partial charge in [-0.2, -0.15) is 0 Å². The second-order valence-electron chi connectivity index (χ2n) is 5.72. The molecule has 0 bridgehead atoms. The second kappa shape index (κ2) is 6.16. The maximum Gasteiger partial charge on any atom is 0.248 e. The van der Waals surface area contributed by atoms with E-state index in [1.54, 1.807) is 12.3 Å². The van der Waals surface area contributed by atoms with E-state index < -0.39 is 0 Å². The number of nitrogens with one attached hydrogen (secondary N) is 1. The van der Waals surface area contributed by atoms with Crippen LogP contribution in [0.25, 0.3) is 10.8 Å². The summed E-state index contributed by atoms with van der Waals surface area (Å²) in [5, 5.41) is 2.55. The molecule has 112 valence electrons. The number of rotatable bonds is 4. The topological polar surface area (TPSA) is 36.1 Å². The predicted molar refractivity (Wildman–Crippen MR) is 90.9 cm³/mol. The molecular weight excluding hydrogens is 272 g/mol. The van der Waals surface area contributed by atoms with E-state index in [4.69, 9.17) is 0 Å². The number of benzene rings is 2. The monoisotopic (exact) mass is 292 g/mol. The molecule has 3 rings (SSSR count). The Balaban J connectivity index is 1.88. The summed E-state index contributed by atoms with van der Waals surface area (Å²) >= 11 is 0. The quantitative estimate of drug-likeness (QED) is 0.795. The van der Waals surface area contributed by atoms with Gasteiger partial charge in [-0.15, -0.1) is 0 Å². The molecule has 0 spiro atoms. The molecule has 1 aromatic heterocycles. The largest absolute Gasteiger partial charge is 0.329 e. The number of aromatic amines is 1. The van der Waals surface area contributed by atoms with Crippen LogP contribution in [0.2, 0.25) is 0 Å². The first kappa shape index (κ1) is 14.5. The molecule has 0 radical (unpaired) electrons. The van der Waals surface area contributed by atoms with E-state index in [1.165, 1.54) is 16.3 Å². The highest BCUT2D eigenvalue weighted by Gasteiger charge is 2.14. The molecule has 0 aliphatic carbocycles. The van der Waals surface area contributed by atoms with Crippen LogP contribution in [0.3, 0.4) is 0 Å². The van der Waals surface area contributed by atoms with Crippen molar-refractivity contribution >= 4 is 10.8 Å². The maximum atomic E-state index is 11.4. The standard InChI is InChI=1S/C19H20N2O/c1-14(21(2)13-15-10-11-20-19(22)12-15)17-9-5-7-16-6-3-4-8-18(16)17/h3-12,14H,13H2,1-2H3,(H,20,22)/t14-/m1/s1. The molecule has 0 unspecified atom stereocenters. The highest BCUT2D eigenvalue weighted by molar-refractivity contribution is 5.86. The van der Waals surface area contributed by atoms with Crippen LogP contribution in [-0.2, 0) is 6.54 Å². The van der Waals surface area contributed by atoms with Gasteiger partial charge in [0, 0.05) is 24.8 Å². The first-order chi connectivity index (χ1) is 10.6. The molecule has 0 amide bonds. The van der Waals surface area contributed by atoms with E-state index in [0.29, 0.717) is 0 Å². The number of H-pyrrole nitrogens is 1. The van der Waals surface area contributed by atoms with Gasteiger partial charge < -0.3 is 4.98 Å². The molecule has 22 heavy (non-hydrogen) atoms. The van der Waals surface area contributed by atoms with Crippen molar-refractivity contribution in [3.63, 3.8) is 0 Å². The van der Waals surface area contributed by atoms with Crippen LogP contribution in [0.4, 0.5) is 0 Å². The van der Waals surface area contributed by atoms with Crippen molar-refractivity contribution in [1.29, 1.82) is 0 Å². The summed E-state index contributed by atoms with van der Waals surface area (Å²) in [7, 11) is 2.09. The van der Waals surface area contributed by atoms with Crippen LogP contribution in [0.5, 0.6) is 0 Å². The summed E-state index contributed by atoms with van der Waals surface area (Å²) in [6.45, 7) is 2.95. The Hall–Kier alpha value is -2.39. The van der Waals surface area contributed by atoms with Gasteiger partial charge in [-0.05, 0) is 41.9 Å². The van der Waals surface area contributed by atoms with Gasteiger partial charge >= 0.3 is 0 Å². The lowest BCUT2D eigenvalue weighted by Crippen LogP contribution is -2.23. The normalized spacial score (nSPS) is 12.7. The summed E-state index contributed by atoms with van der Waals surface area (Å²) < 4.78 is 0. The minimum absolute atomic E-state index is 0.0521.